The number of oxime groups is 1. The number of aliphatic hydroxyl groups is 1. The Hall–Kier alpha value is -0.810. The van der Waals surface area contributed by atoms with Gasteiger partial charge in [-0.25, -0.2) is 0 Å². The van der Waals surface area contributed by atoms with E-state index in [9.17, 15) is 5.11 Å². The largest absolute Gasteiger partial charge is 0.409 e. The zero-order valence-electron chi connectivity index (χ0n) is 9.89. The van der Waals surface area contributed by atoms with Crippen molar-refractivity contribution in [1.29, 1.82) is 0 Å². The topological polar surface area (TPSA) is 90.9 Å². The average Bonchev–Trinajstić information content (AvgIpc) is 2.44. The third kappa shape index (κ3) is 4.37. The van der Waals surface area contributed by atoms with Crippen molar-refractivity contribution in [2.75, 3.05) is 0 Å². The first kappa shape index (κ1) is 13.3. The van der Waals surface area contributed by atoms with Crippen LogP contribution in [0, 0.1) is 0 Å². The van der Waals surface area contributed by atoms with Gasteiger partial charge in [0.15, 0.2) is 0 Å². The van der Waals surface area contributed by atoms with E-state index < -0.39 is 0 Å². The van der Waals surface area contributed by atoms with Gasteiger partial charge in [-0.3, -0.25) is 0 Å². The van der Waals surface area contributed by atoms with Gasteiger partial charge in [-0.2, -0.15) is 0 Å². The lowest BCUT2D eigenvalue weighted by atomic mass is 10.0. The summed E-state index contributed by atoms with van der Waals surface area (Å²) in [6, 6.07) is 0.262. The van der Waals surface area contributed by atoms with Crippen molar-refractivity contribution < 1.29 is 10.3 Å². The molecular weight excluding hydrogens is 206 g/mol. The number of nitrogens with zero attached hydrogens (tertiary/aromatic N) is 1. The molecule has 0 saturated heterocycles. The number of hydrogen-bond donors (Lipinski definition) is 4. The number of nitrogens with one attached hydrogen (secondary N) is 1. The van der Waals surface area contributed by atoms with Gasteiger partial charge in [-0.15, -0.1) is 0 Å². The third-order valence-electron chi connectivity index (χ3n) is 3.12. The van der Waals surface area contributed by atoms with E-state index in [4.69, 9.17) is 10.9 Å². The van der Waals surface area contributed by atoms with Gasteiger partial charge >= 0.3 is 0 Å². The van der Waals surface area contributed by atoms with Gasteiger partial charge in [0.2, 0.25) is 0 Å². The zero-order chi connectivity index (χ0) is 12.0. The summed E-state index contributed by atoms with van der Waals surface area (Å²) in [5.41, 5.74) is 5.44. The number of hydrogen-bond acceptors (Lipinski definition) is 4. The van der Waals surface area contributed by atoms with Gasteiger partial charge in [0.1, 0.15) is 5.84 Å². The quantitative estimate of drug-likeness (QED) is 0.189. The van der Waals surface area contributed by atoms with Gasteiger partial charge in [-0.05, 0) is 19.8 Å². The molecule has 1 rings (SSSR count). The summed E-state index contributed by atoms with van der Waals surface area (Å²) in [6.07, 6.45) is 5.57. The molecule has 5 N–H and O–H groups in total. The minimum atomic E-state index is -0.266. The molecule has 0 heterocycles. The molecule has 16 heavy (non-hydrogen) atoms. The van der Waals surface area contributed by atoms with Crippen LogP contribution in [0.15, 0.2) is 5.16 Å². The maximum Gasteiger partial charge on any atom is 0.140 e. The van der Waals surface area contributed by atoms with E-state index in [2.05, 4.69) is 10.5 Å². The van der Waals surface area contributed by atoms with Crippen LogP contribution in [0.3, 0.4) is 0 Å². The van der Waals surface area contributed by atoms with E-state index in [1.165, 1.54) is 6.42 Å². The molecule has 5 heteroatoms. The van der Waals surface area contributed by atoms with Crippen molar-refractivity contribution in [3.8, 4) is 0 Å². The lowest BCUT2D eigenvalue weighted by molar-refractivity contribution is 0.115. The highest BCUT2D eigenvalue weighted by molar-refractivity contribution is 5.80. The molecule has 3 unspecified atom stereocenters. The van der Waals surface area contributed by atoms with E-state index in [0.717, 1.165) is 25.7 Å². The molecule has 0 amide bonds. The molecule has 1 aliphatic carbocycles. The van der Waals surface area contributed by atoms with Gasteiger partial charge in [0.25, 0.3) is 0 Å². The molecule has 0 spiro atoms. The molecule has 0 aliphatic heterocycles. The highest BCUT2D eigenvalue weighted by Crippen LogP contribution is 2.18. The van der Waals surface area contributed by atoms with Crippen LogP contribution in [0.25, 0.3) is 0 Å². The molecule has 0 bridgehead atoms. The molecule has 0 aromatic heterocycles. The summed E-state index contributed by atoms with van der Waals surface area (Å²) in [7, 11) is 0. The maximum absolute atomic E-state index is 9.92. The van der Waals surface area contributed by atoms with Gasteiger partial charge in [0.05, 0.1) is 6.10 Å². The minimum absolute atomic E-state index is 0.119. The zero-order valence-corrected chi connectivity index (χ0v) is 9.89. The van der Waals surface area contributed by atoms with Gasteiger partial charge in [-0.1, -0.05) is 24.4 Å². The van der Waals surface area contributed by atoms with Gasteiger partial charge in [0, 0.05) is 18.5 Å². The summed E-state index contributed by atoms with van der Waals surface area (Å²) in [6.45, 7) is 1.98. The Labute approximate surface area is 96.7 Å². The second kappa shape index (κ2) is 6.70. The summed E-state index contributed by atoms with van der Waals surface area (Å²) in [4.78, 5) is 0. The van der Waals surface area contributed by atoms with Crippen LogP contribution < -0.4 is 11.1 Å². The first-order chi connectivity index (χ1) is 7.63. The summed E-state index contributed by atoms with van der Waals surface area (Å²) < 4.78 is 0. The Morgan fingerprint density at radius 2 is 2.12 bits per heavy atom. The first-order valence-electron chi connectivity index (χ1n) is 6.04. The second-order valence-corrected chi connectivity index (χ2v) is 4.68. The Balaban J connectivity index is 2.38. The molecule has 3 atom stereocenters. The second-order valence-electron chi connectivity index (χ2n) is 4.68. The normalized spacial score (nSPS) is 29.8. The van der Waals surface area contributed by atoms with E-state index in [1.807, 2.05) is 6.92 Å². The van der Waals surface area contributed by atoms with E-state index in [-0.39, 0.29) is 24.0 Å². The van der Waals surface area contributed by atoms with Crippen LogP contribution in [0.1, 0.15) is 45.4 Å². The van der Waals surface area contributed by atoms with Crippen molar-refractivity contribution in [2.24, 2.45) is 10.9 Å². The highest BCUT2D eigenvalue weighted by Gasteiger charge is 2.22. The van der Waals surface area contributed by atoms with Crippen LogP contribution in [0.2, 0.25) is 0 Å². The lowest BCUT2D eigenvalue weighted by Crippen LogP contribution is -2.45. The summed E-state index contributed by atoms with van der Waals surface area (Å²) >= 11 is 0. The number of nitrogens with two attached hydrogens (primary N) is 1. The number of amidine groups is 1. The van der Waals surface area contributed by atoms with Crippen LogP contribution in [-0.2, 0) is 0 Å². The van der Waals surface area contributed by atoms with E-state index in [0.29, 0.717) is 6.42 Å². The Bertz CT molecular complexity index is 233. The molecule has 1 fully saturated rings. The van der Waals surface area contributed by atoms with Crippen LogP contribution in [0.4, 0.5) is 0 Å². The number of rotatable bonds is 4. The minimum Gasteiger partial charge on any atom is -0.409 e. The van der Waals surface area contributed by atoms with Crippen molar-refractivity contribution in [3.63, 3.8) is 0 Å². The fourth-order valence-electron chi connectivity index (χ4n) is 2.26. The smallest absolute Gasteiger partial charge is 0.140 e. The molecule has 1 saturated carbocycles. The molecule has 0 radical (unpaired) electrons. The summed E-state index contributed by atoms with van der Waals surface area (Å²) in [5.74, 6) is 0.225. The highest BCUT2D eigenvalue weighted by atomic mass is 16.4. The predicted molar refractivity (Wildman–Crippen MR) is 63.5 cm³/mol. The molecule has 1 aliphatic rings. The Morgan fingerprint density at radius 3 is 2.81 bits per heavy atom. The predicted octanol–water partition coefficient (Wildman–Crippen LogP) is 0.795. The van der Waals surface area contributed by atoms with Gasteiger partial charge < -0.3 is 21.4 Å². The SMILES string of the molecule is CC(CC(N)=NO)NC1CCCCCC1O. The first-order valence-corrected chi connectivity index (χ1v) is 6.04. The fraction of sp³-hybridized carbons (Fsp3) is 0.909. The van der Waals surface area contributed by atoms with Crippen molar-refractivity contribution in [2.45, 2.75) is 63.6 Å². The van der Waals surface area contributed by atoms with E-state index >= 15 is 0 Å². The monoisotopic (exact) mass is 229 g/mol. The number of aliphatic hydroxyl groups excluding tert-OH is 1. The molecular formula is C11H23N3O2. The van der Waals surface area contributed by atoms with Crippen molar-refractivity contribution in [3.05, 3.63) is 0 Å². The van der Waals surface area contributed by atoms with Crippen molar-refractivity contribution >= 4 is 5.84 Å². The molecule has 0 aromatic rings. The van der Waals surface area contributed by atoms with Crippen LogP contribution >= 0.6 is 0 Å². The Kier molecular flexibility index (Phi) is 5.55. The van der Waals surface area contributed by atoms with E-state index in [1.54, 1.807) is 0 Å². The molecule has 5 nitrogen and oxygen atoms in total. The Morgan fingerprint density at radius 1 is 1.44 bits per heavy atom. The van der Waals surface area contributed by atoms with Crippen molar-refractivity contribution in [1.82, 2.24) is 5.32 Å². The lowest BCUT2D eigenvalue weighted by Gasteiger charge is -2.25. The standard InChI is InChI=1S/C11H23N3O2/c1-8(7-11(12)14-16)13-9-5-3-2-4-6-10(9)15/h8-10,13,15-16H,2-7H2,1H3,(H2,12,14). The van der Waals surface area contributed by atoms with Crippen LogP contribution in [-0.4, -0.2) is 34.3 Å². The third-order valence-corrected chi connectivity index (χ3v) is 3.12. The molecule has 94 valence electrons. The average molecular weight is 229 g/mol. The fourth-order valence-corrected chi connectivity index (χ4v) is 2.26. The summed E-state index contributed by atoms with van der Waals surface area (Å²) in [5, 5.41) is 24.7. The van der Waals surface area contributed by atoms with Crippen LogP contribution in [0.5, 0.6) is 0 Å². The molecule has 0 aromatic carbocycles. The maximum atomic E-state index is 9.92.